The first-order chi connectivity index (χ1) is 22.0. The molecule has 0 atom stereocenters. The van der Waals surface area contributed by atoms with Crippen molar-refractivity contribution in [2.24, 2.45) is 0 Å². The summed E-state index contributed by atoms with van der Waals surface area (Å²) < 4.78 is 1.09. The molecule has 0 aliphatic carbocycles. The normalized spacial score (nSPS) is 12.0. The van der Waals surface area contributed by atoms with Crippen molar-refractivity contribution in [2.45, 2.75) is 52.4 Å². The van der Waals surface area contributed by atoms with Crippen LogP contribution in [-0.4, -0.2) is 15.1 Å². The van der Waals surface area contributed by atoms with Gasteiger partial charge in [-0.1, -0.05) is 113 Å². The molecule has 0 fully saturated rings. The summed E-state index contributed by atoms with van der Waals surface area (Å²) in [5.41, 5.74) is 11.3. The molecule has 0 spiro atoms. The molecular formula is C42H37N2OPtS-. The van der Waals surface area contributed by atoms with Crippen LogP contribution in [0.4, 0.5) is 0 Å². The van der Waals surface area contributed by atoms with Gasteiger partial charge in [0.05, 0.1) is 11.1 Å². The number of thiazole rings is 1. The molecule has 0 saturated carbocycles. The topological polar surface area (TPSA) is 46.0 Å². The van der Waals surface area contributed by atoms with Crippen molar-refractivity contribution in [3.63, 3.8) is 0 Å². The van der Waals surface area contributed by atoms with Gasteiger partial charge in [0.1, 0.15) is 10.8 Å². The fraction of sp³-hybridized carbons (Fsp3) is 0.190. The molecule has 2 aromatic heterocycles. The summed E-state index contributed by atoms with van der Waals surface area (Å²) in [6, 6.07) is 39.4. The quantitative estimate of drug-likeness (QED) is 0.180. The van der Waals surface area contributed by atoms with Gasteiger partial charge < -0.3 is 5.11 Å². The molecule has 0 amide bonds. The molecule has 0 radical (unpaired) electrons. The Labute approximate surface area is 295 Å². The van der Waals surface area contributed by atoms with Gasteiger partial charge in [0.2, 0.25) is 0 Å². The van der Waals surface area contributed by atoms with Crippen molar-refractivity contribution < 1.29 is 26.2 Å². The number of rotatable bonds is 4. The molecule has 5 heteroatoms. The van der Waals surface area contributed by atoms with E-state index in [1.807, 2.05) is 18.3 Å². The molecule has 0 saturated heterocycles. The predicted molar refractivity (Wildman–Crippen MR) is 195 cm³/mol. The minimum Gasteiger partial charge on any atom is -0.507 e. The van der Waals surface area contributed by atoms with E-state index in [9.17, 15) is 5.11 Å². The summed E-state index contributed by atoms with van der Waals surface area (Å²) >= 11 is 1.63. The Morgan fingerprint density at radius 2 is 1.30 bits per heavy atom. The van der Waals surface area contributed by atoms with Crippen LogP contribution in [0.1, 0.15) is 52.7 Å². The van der Waals surface area contributed by atoms with Gasteiger partial charge in [-0.15, -0.1) is 46.7 Å². The average molecular weight is 813 g/mol. The Bertz CT molecular complexity index is 2240. The number of aromatic hydroxyl groups is 1. The molecule has 0 unspecified atom stereocenters. The fourth-order valence-corrected chi connectivity index (χ4v) is 7.06. The number of fused-ring (bicyclic) bond motifs is 2. The zero-order chi connectivity index (χ0) is 32.2. The first-order valence-electron chi connectivity index (χ1n) is 15.7. The summed E-state index contributed by atoms with van der Waals surface area (Å²) in [5.74, 6) is 0.247. The van der Waals surface area contributed by atoms with Gasteiger partial charge in [-0.3, -0.25) is 4.98 Å². The summed E-state index contributed by atoms with van der Waals surface area (Å²) in [6.45, 7) is 13.3. The van der Waals surface area contributed by atoms with Gasteiger partial charge in [0.25, 0.3) is 0 Å². The molecule has 0 aliphatic rings. The third kappa shape index (κ3) is 6.30. The number of nitrogens with zero attached hydrogens (tertiary/aromatic N) is 2. The van der Waals surface area contributed by atoms with Crippen molar-refractivity contribution in [1.29, 1.82) is 0 Å². The van der Waals surface area contributed by atoms with Crippen molar-refractivity contribution in [1.82, 2.24) is 9.97 Å². The van der Waals surface area contributed by atoms with Crippen LogP contribution in [-0.2, 0) is 31.9 Å². The number of benzene rings is 5. The van der Waals surface area contributed by atoms with Crippen LogP contribution in [0.25, 0.3) is 65.1 Å². The Kier molecular flexibility index (Phi) is 8.72. The van der Waals surface area contributed by atoms with Crippen LogP contribution in [0.2, 0.25) is 0 Å². The van der Waals surface area contributed by atoms with E-state index in [0.29, 0.717) is 0 Å². The molecule has 2 heterocycles. The Morgan fingerprint density at radius 3 is 2.02 bits per heavy atom. The first-order valence-corrected chi connectivity index (χ1v) is 16.5. The van der Waals surface area contributed by atoms with Gasteiger partial charge in [-0.05, 0) is 57.3 Å². The zero-order valence-corrected chi connectivity index (χ0v) is 30.5. The Morgan fingerprint density at radius 1 is 0.617 bits per heavy atom. The van der Waals surface area contributed by atoms with Gasteiger partial charge in [-0.2, -0.15) is 0 Å². The summed E-state index contributed by atoms with van der Waals surface area (Å²) in [4.78, 5) is 10.0. The predicted octanol–water partition coefficient (Wildman–Crippen LogP) is 11.6. The van der Waals surface area contributed by atoms with Gasteiger partial charge in [-0.25, -0.2) is 4.98 Å². The second-order valence-corrected chi connectivity index (χ2v) is 15.1. The number of aromatic nitrogens is 2. The molecule has 7 aromatic rings. The summed E-state index contributed by atoms with van der Waals surface area (Å²) in [7, 11) is 0. The summed E-state index contributed by atoms with van der Waals surface area (Å²) in [5, 5.41) is 12.9. The number of phenols is 1. The van der Waals surface area contributed by atoms with Gasteiger partial charge in [0, 0.05) is 42.9 Å². The number of hydrogen-bond donors (Lipinski definition) is 1. The SMILES string of the molecule is CC(C)(C)c1ccc(O)c(-c2nc3c(-c4[c-]c(-c5cccc6c(-c7ccccc7)ccnc56)ccc4)cc(C(C)(C)C)cc3s2)c1.[Pt]. The number of hydrogen-bond acceptors (Lipinski definition) is 4. The van der Waals surface area contributed by atoms with E-state index in [-0.39, 0.29) is 37.6 Å². The third-order valence-electron chi connectivity index (χ3n) is 8.69. The largest absolute Gasteiger partial charge is 0.507 e. The van der Waals surface area contributed by atoms with Crippen LogP contribution < -0.4 is 0 Å². The van der Waals surface area contributed by atoms with Crippen molar-refractivity contribution in [3.8, 4) is 49.7 Å². The second kappa shape index (κ2) is 12.5. The van der Waals surface area contributed by atoms with Gasteiger partial charge in [0.15, 0.2) is 0 Å². The van der Waals surface area contributed by atoms with Crippen LogP contribution in [0.5, 0.6) is 5.75 Å². The van der Waals surface area contributed by atoms with E-state index in [0.717, 1.165) is 65.1 Å². The molecule has 0 bridgehead atoms. The smallest absolute Gasteiger partial charge is 0.127 e. The molecule has 7 rings (SSSR count). The number of phenolic OH excluding ortho intramolecular Hbond substituents is 1. The van der Waals surface area contributed by atoms with E-state index < -0.39 is 0 Å². The van der Waals surface area contributed by atoms with E-state index in [4.69, 9.17) is 9.97 Å². The monoisotopic (exact) mass is 812 g/mol. The van der Waals surface area contributed by atoms with Gasteiger partial charge >= 0.3 is 0 Å². The van der Waals surface area contributed by atoms with E-state index in [1.54, 1.807) is 17.4 Å². The number of pyridine rings is 1. The maximum Gasteiger partial charge on any atom is 0.127 e. The van der Waals surface area contributed by atoms with E-state index in [1.165, 1.54) is 11.1 Å². The van der Waals surface area contributed by atoms with Crippen molar-refractivity contribution in [2.75, 3.05) is 0 Å². The molecule has 5 aromatic carbocycles. The molecule has 0 aliphatic heterocycles. The Balaban J connectivity index is 0.00000386. The minimum absolute atomic E-state index is 0. The maximum absolute atomic E-state index is 10.9. The van der Waals surface area contributed by atoms with Crippen LogP contribution in [0.3, 0.4) is 0 Å². The van der Waals surface area contributed by atoms with E-state index >= 15 is 0 Å². The minimum atomic E-state index is -0.0631. The average Bonchev–Trinajstić information content (AvgIpc) is 3.48. The first kappa shape index (κ1) is 32.8. The van der Waals surface area contributed by atoms with Crippen LogP contribution >= 0.6 is 11.3 Å². The van der Waals surface area contributed by atoms with Crippen molar-refractivity contribution in [3.05, 3.63) is 127 Å². The molecule has 1 N–H and O–H groups in total. The molecule has 47 heavy (non-hydrogen) atoms. The zero-order valence-electron chi connectivity index (χ0n) is 27.5. The molecule has 3 nitrogen and oxygen atoms in total. The molecule has 238 valence electrons. The standard InChI is InChI=1S/C42H37N2OS.Pt/c1-41(2,3)29-18-19-36(45)35(23-29)40-44-39-34(24-30(42(4,5)6)25-37(39)46-40)28-15-10-14-27(22-28)32-16-11-17-33-31(20-21-43-38(32)33)26-12-8-7-9-13-26;/h7-21,23-25,45H,1-6H3;/q-1;. The number of para-hydroxylation sites is 1. The fourth-order valence-electron chi connectivity index (χ4n) is 6.00. The van der Waals surface area contributed by atoms with E-state index in [2.05, 4.69) is 133 Å². The van der Waals surface area contributed by atoms with Crippen molar-refractivity contribution >= 4 is 32.5 Å². The second-order valence-electron chi connectivity index (χ2n) is 14.0. The summed E-state index contributed by atoms with van der Waals surface area (Å²) in [6.07, 6.45) is 1.90. The third-order valence-corrected chi connectivity index (χ3v) is 9.72. The Hall–Kier alpha value is -4.11. The maximum atomic E-state index is 10.9. The molecular weight excluding hydrogens is 776 g/mol. The van der Waals surface area contributed by atoms with Crippen LogP contribution in [0.15, 0.2) is 109 Å². The van der Waals surface area contributed by atoms with Crippen LogP contribution in [0, 0.1) is 6.07 Å².